The summed E-state index contributed by atoms with van der Waals surface area (Å²) in [5, 5.41) is 2.97. The number of carbonyl (C=O) groups excluding carboxylic acids is 2. The van der Waals surface area contributed by atoms with Gasteiger partial charge in [-0.3, -0.25) is 9.59 Å². The molecule has 0 saturated carbocycles. The zero-order valence-electron chi connectivity index (χ0n) is 11.6. The van der Waals surface area contributed by atoms with Crippen molar-refractivity contribution >= 4 is 17.5 Å². The lowest BCUT2D eigenvalue weighted by molar-refractivity contribution is -0.125. The van der Waals surface area contributed by atoms with Crippen LogP contribution in [0, 0.1) is 11.7 Å². The summed E-state index contributed by atoms with van der Waals surface area (Å²) in [6, 6.07) is 4.18. The van der Waals surface area contributed by atoms with Crippen molar-refractivity contribution < 1.29 is 14.0 Å². The summed E-state index contributed by atoms with van der Waals surface area (Å²) in [4.78, 5) is 25.5. The summed E-state index contributed by atoms with van der Waals surface area (Å²) in [5.74, 6) is -0.536. The van der Waals surface area contributed by atoms with Gasteiger partial charge in [-0.05, 0) is 37.0 Å². The van der Waals surface area contributed by atoms with Crippen LogP contribution in [0.3, 0.4) is 0 Å². The van der Waals surface area contributed by atoms with Crippen molar-refractivity contribution in [3.63, 3.8) is 0 Å². The predicted molar refractivity (Wildman–Crippen MR) is 76.0 cm³/mol. The van der Waals surface area contributed by atoms with Crippen molar-refractivity contribution in [2.45, 2.75) is 25.3 Å². The number of halogens is 1. The van der Waals surface area contributed by atoms with Crippen LogP contribution in [-0.4, -0.2) is 35.8 Å². The average Bonchev–Trinajstić information content (AvgIpc) is 2.48. The maximum atomic E-state index is 13.8. The summed E-state index contributed by atoms with van der Waals surface area (Å²) < 4.78 is 13.8. The maximum absolute atomic E-state index is 13.8. The summed E-state index contributed by atoms with van der Waals surface area (Å²) >= 11 is 0. The van der Waals surface area contributed by atoms with Gasteiger partial charge in [-0.1, -0.05) is 0 Å². The van der Waals surface area contributed by atoms with Gasteiger partial charge in [0.05, 0.1) is 5.56 Å². The monoisotopic (exact) mass is 291 g/mol. The van der Waals surface area contributed by atoms with Gasteiger partial charge in [0, 0.05) is 31.2 Å². The molecule has 2 amide bonds. The lowest BCUT2D eigenvalue weighted by Gasteiger charge is -2.41. The second-order valence-corrected chi connectivity index (χ2v) is 5.75. The summed E-state index contributed by atoms with van der Waals surface area (Å²) in [6.07, 6.45) is 1.99. The quantitative estimate of drug-likeness (QED) is 0.762. The molecule has 2 heterocycles. The number of nitrogen functional groups attached to an aromatic ring is 1. The largest absolute Gasteiger partial charge is 0.399 e. The molecule has 2 aliphatic rings. The Hall–Kier alpha value is -2.11. The molecule has 0 radical (unpaired) electrons. The van der Waals surface area contributed by atoms with Gasteiger partial charge in [-0.2, -0.15) is 0 Å². The van der Waals surface area contributed by atoms with Gasteiger partial charge in [0.15, 0.2) is 0 Å². The Morgan fingerprint density at radius 2 is 2.19 bits per heavy atom. The van der Waals surface area contributed by atoms with E-state index in [1.165, 1.54) is 18.2 Å². The van der Waals surface area contributed by atoms with E-state index in [1.807, 2.05) is 0 Å². The number of fused-ring (bicyclic) bond motifs is 1. The third-order valence-electron chi connectivity index (χ3n) is 4.33. The van der Waals surface area contributed by atoms with Crippen LogP contribution in [0.1, 0.15) is 29.6 Å². The van der Waals surface area contributed by atoms with Gasteiger partial charge in [0.25, 0.3) is 5.91 Å². The van der Waals surface area contributed by atoms with E-state index in [2.05, 4.69) is 5.32 Å². The summed E-state index contributed by atoms with van der Waals surface area (Å²) in [5.41, 5.74) is 6.03. The molecule has 112 valence electrons. The molecule has 1 aromatic carbocycles. The molecule has 2 atom stereocenters. The number of nitrogens with zero attached hydrogens (tertiary/aromatic N) is 1. The highest BCUT2D eigenvalue weighted by Gasteiger charge is 2.35. The topological polar surface area (TPSA) is 75.4 Å². The molecular formula is C15H18FN3O2. The van der Waals surface area contributed by atoms with E-state index in [0.29, 0.717) is 31.6 Å². The number of anilines is 1. The van der Waals surface area contributed by atoms with Crippen LogP contribution in [0.4, 0.5) is 10.1 Å². The minimum Gasteiger partial charge on any atom is -0.399 e. The van der Waals surface area contributed by atoms with Gasteiger partial charge in [-0.25, -0.2) is 4.39 Å². The standard InChI is InChI=1S/C15H18FN3O2/c16-12-3-2-10(17)7-11(12)15(21)19-6-5-13-9(8-19)1-4-14(20)18-13/h2-3,7,9,13H,1,4-6,8,17H2,(H,18,20). The summed E-state index contributed by atoms with van der Waals surface area (Å²) in [7, 11) is 0. The molecule has 2 fully saturated rings. The molecule has 0 spiro atoms. The number of likely N-dealkylation sites (tertiary alicyclic amines) is 1. The highest BCUT2D eigenvalue weighted by molar-refractivity contribution is 5.95. The van der Waals surface area contributed by atoms with Crippen LogP contribution in [-0.2, 0) is 4.79 Å². The fourth-order valence-electron chi connectivity index (χ4n) is 3.17. The number of hydrogen-bond acceptors (Lipinski definition) is 3. The fourth-order valence-corrected chi connectivity index (χ4v) is 3.17. The Kier molecular flexibility index (Phi) is 3.53. The number of nitrogens with one attached hydrogen (secondary N) is 1. The number of hydrogen-bond donors (Lipinski definition) is 2. The van der Waals surface area contributed by atoms with Gasteiger partial charge >= 0.3 is 0 Å². The molecule has 0 bridgehead atoms. The van der Waals surface area contributed by atoms with Crippen molar-refractivity contribution in [2.24, 2.45) is 5.92 Å². The predicted octanol–water partition coefficient (Wildman–Crippen LogP) is 1.15. The highest BCUT2D eigenvalue weighted by atomic mass is 19.1. The molecule has 0 aliphatic carbocycles. The zero-order valence-corrected chi connectivity index (χ0v) is 11.6. The third-order valence-corrected chi connectivity index (χ3v) is 4.33. The first kappa shape index (κ1) is 13.9. The Balaban J connectivity index is 1.74. The van der Waals surface area contributed by atoms with E-state index in [4.69, 9.17) is 5.73 Å². The van der Waals surface area contributed by atoms with E-state index in [1.54, 1.807) is 4.90 Å². The average molecular weight is 291 g/mol. The van der Waals surface area contributed by atoms with Crippen LogP contribution in [0.25, 0.3) is 0 Å². The molecule has 2 unspecified atom stereocenters. The van der Waals surface area contributed by atoms with E-state index in [0.717, 1.165) is 6.42 Å². The van der Waals surface area contributed by atoms with Gasteiger partial charge in [0.2, 0.25) is 5.91 Å². The van der Waals surface area contributed by atoms with Crippen LogP contribution in [0.5, 0.6) is 0 Å². The first-order valence-electron chi connectivity index (χ1n) is 7.18. The highest BCUT2D eigenvalue weighted by Crippen LogP contribution is 2.27. The Morgan fingerprint density at radius 3 is 3.00 bits per heavy atom. The number of piperidine rings is 2. The van der Waals surface area contributed by atoms with E-state index in [-0.39, 0.29) is 29.3 Å². The first-order valence-corrected chi connectivity index (χ1v) is 7.18. The van der Waals surface area contributed by atoms with Gasteiger partial charge in [-0.15, -0.1) is 0 Å². The van der Waals surface area contributed by atoms with Crippen molar-refractivity contribution in [3.05, 3.63) is 29.6 Å². The Labute approximate surface area is 122 Å². The van der Waals surface area contributed by atoms with Gasteiger partial charge < -0.3 is 16.0 Å². The number of nitrogens with two attached hydrogens (primary N) is 1. The molecular weight excluding hydrogens is 273 g/mol. The Morgan fingerprint density at radius 1 is 1.38 bits per heavy atom. The third kappa shape index (κ3) is 2.70. The molecule has 0 aromatic heterocycles. The van der Waals surface area contributed by atoms with Crippen LogP contribution < -0.4 is 11.1 Å². The van der Waals surface area contributed by atoms with Crippen LogP contribution >= 0.6 is 0 Å². The van der Waals surface area contributed by atoms with Crippen LogP contribution in [0.15, 0.2) is 18.2 Å². The van der Waals surface area contributed by atoms with Crippen molar-refractivity contribution in [1.29, 1.82) is 0 Å². The minimum atomic E-state index is -0.548. The number of amides is 2. The van der Waals surface area contributed by atoms with Gasteiger partial charge in [0.1, 0.15) is 5.82 Å². The molecule has 1 aromatic rings. The number of benzene rings is 1. The minimum absolute atomic E-state index is 0.0216. The SMILES string of the molecule is Nc1ccc(F)c(C(=O)N2CCC3NC(=O)CCC3C2)c1. The normalized spacial score (nSPS) is 25.2. The van der Waals surface area contributed by atoms with Crippen molar-refractivity contribution in [1.82, 2.24) is 10.2 Å². The fraction of sp³-hybridized carbons (Fsp3) is 0.467. The summed E-state index contributed by atoms with van der Waals surface area (Å²) in [6.45, 7) is 1.08. The molecule has 2 aliphatic heterocycles. The smallest absolute Gasteiger partial charge is 0.256 e. The molecule has 6 heteroatoms. The van der Waals surface area contributed by atoms with Crippen LogP contribution in [0.2, 0.25) is 0 Å². The van der Waals surface area contributed by atoms with Crippen molar-refractivity contribution in [3.8, 4) is 0 Å². The lowest BCUT2D eigenvalue weighted by atomic mass is 9.85. The second kappa shape index (κ2) is 5.35. The van der Waals surface area contributed by atoms with Crippen molar-refractivity contribution in [2.75, 3.05) is 18.8 Å². The molecule has 5 nitrogen and oxygen atoms in total. The number of rotatable bonds is 1. The zero-order chi connectivity index (χ0) is 15.0. The number of carbonyl (C=O) groups is 2. The first-order chi connectivity index (χ1) is 10.0. The molecule has 3 N–H and O–H groups in total. The molecule has 2 saturated heterocycles. The van der Waals surface area contributed by atoms with E-state index < -0.39 is 5.82 Å². The molecule has 3 rings (SSSR count). The van der Waals surface area contributed by atoms with E-state index >= 15 is 0 Å². The molecule has 21 heavy (non-hydrogen) atoms. The van der Waals surface area contributed by atoms with E-state index in [9.17, 15) is 14.0 Å². The lowest BCUT2D eigenvalue weighted by Crippen LogP contribution is -2.55. The second-order valence-electron chi connectivity index (χ2n) is 5.75. The maximum Gasteiger partial charge on any atom is 0.256 e. The Bertz CT molecular complexity index is 590.